The molecular weight excluding hydrogens is 348 g/mol. The van der Waals surface area contributed by atoms with Crippen LogP contribution in [-0.2, 0) is 0 Å². The monoisotopic (exact) mass is 362 g/mol. The summed E-state index contributed by atoms with van der Waals surface area (Å²) in [5.41, 5.74) is 0.650. The average Bonchev–Trinajstić information content (AvgIpc) is 2.14. The molecule has 1 rings (SSSR count). The summed E-state index contributed by atoms with van der Waals surface area (Å²) in [6.45, 7) is 2.81. The van der Waals surface area contributed by atoms with Crippen molar-refractivity contribution in [3.8, 4) is 0 Å². The van der Waals surface area contributed by atoms with E-state index < -0.39 is 0 Å². The minimum absolute atomic E-state index is 0.0543. The summed E-state index contributed by atoms with van der Waals surface area (Å²) in [6, 6.07) is 5.64. The Morgan fingerprint density at radius 2 is 1.82 bits per heavy atom. The lowest BCUT2D eigenvalue weighted by Gasteiger charge is -2.18. The second-order valence-electron chi connectivity index (χ2n) is 4.29. The van der Waals surface area contributed by atoms with Crippen molar-refractivity contribution in [1.82, 2.24) is 10.2 Å². The number of hydrogen-bond acceptors (Lipinski definition) is 2. The molecule has 0 saturated carbocycles. The number of benzene rings is 1. The lowest BCUT2D eigenvalue weighted by atomic mass is 10.2. The highest BCUT2D eigenvalue weighted by atomic mass is 79.9. The second-order valence-corrected chi connectivity index (χ2v) is 6.13. The molecule has 0 radical (unpaired) electrons. The molecule has 1 unspecified atom stereocenters. The summed E-state index contributed by atoms with van der Waals surface area (Å²) >= 11 is 6.74. The van der Waals surface area contributed by atoms with Gasteiger partial charge in [-0.05, 0) is 39.2 Å². The Morgan fingerprint density at radius 3 is 2.29 bits per heavy atom. The summed E-state index contributed by atoms with van der Waals surface area (Å²) in [5, 5.41) is 2.96. The molecule has 0 heterocycles. The zero-order valence-electron chi connectivity index (χ0n) is 10.1. The van der Waals surface area contributed by atoms with Crippen LogP contribution >= 0.6 is 31.9 Å². The first-order chi connectivity index (χ1) is 7.88. The first-order valence-corrected chi connectivity index (χ1v) is 6.89. The number of carbonyl (C=O) groups excluding carboxylic acids is 1. The first kappa shape index (κ1) is 14.7. The molecule has 0 saturated heterocycles. The van der Waals surface area contributed by atoms with E-state index >= 15 is 0 Å². The van der Waals surface area contributed by atoms with Gasteiger partial charge in [-0.15, -0.1) is 0 Å². The van der Waals surface area contributed by atoms with E-state index in [0.29, 0.717) is 5.56 Å². The van der Waals surface area contributed by atoms with E-state index in [4.69, 9.17) is 0 Å². The summed E-state index contributed by atoms with van der Waals surface area (Å²) in [5.74, 6) is -0.0543. The summed E-state index contributed by atoms with van der Waals surface area (Å²) in [4.78, 5) is 14.0. The van der Waals surface area contributed by atoms with Crippen molar-refractivity contribution < 1.29 is 4.79 Å². The number of nitrogens with zero attached hydrogens (tertiary/aromatic N) is 1. The van der Waals surface area contributed by atoms with Gasteiger partial charge in [0.1, 0.15) is 0 Å². The number of rotatable bonds is 4. The quantitative estimate of drug-likeness (QED) is 0.891. The number of hydrogen-bond donors (Lipinski definition) is 1. The molecule has 5 heteroatoms. The van der Waals surface area contributed by atoms with Crippen molar-refractivity contribution in [2.45, 2.75) is 13.0 Å². The molecule has 94 valence electrons. The first-order valence-electron chi connectivity index (χ1n) is 5.30. The van der Waals surface area contributed by atoms with Crippen LogP contribution in [0.3, 0.4) is 0 Å². The Balaban J connectivity index is 2.69. The van der Waals surface area contributed by atoms with Gasteiger partial charge in [-0.25, -0.2) is 0 Å². The van der Waals surface area contributed by atoms with Gasteiger partial charge in [0.05, 0.1) is 0 Å². The molecule has 1 N–H and O–H groups in total. The second kappa shape index (κ2) is 6.52. The summed E-state index contributed by atoms with van der Waals surface area (Å²) < 4.78 is 1.77. The summed E-state index contributed by atoms with van der Waals surface area (Å²) in [6.07, 6.45) is 0. The Morgan fingerprint density at radius 1 is 1.29 bits per heavy atom. The van der Waals surface area contributed by atoms with Crippen molar-refractivity contribution in [3.63, 3.8) is 0 Å². The zero-order chi connectivity index (χ0) is 13.0. The van der Waals surface area contributed by atoms with Crippen molar-refractivity contribution >= 4 is 37.8 Å². The molecule has 0 fully saturated rings. The van der Waals surface area contributed by atoms with Gasteiger partial charge in [-0.3, -0.25) is 4.79 Å². The third-order valence-corrected chi connectivity index (χ3v) is 3.06. The maximum Gasteiger partial charge on any atom is 0.251 e. The van der Waals surface area contributed by atoms with Crippen LogP contribution in [-0.4, -0.2) is 37.5 Å². The zero-order valence-corrected chi connectivity index (χ0v) is 13.3. The standard InChI is InChI=1S/C12H16Br2N2O/c1-8(7-16(2)3)15-12(17)9-4-10(13)6-11(14)5-9/h4-6,8H,7H2,1-3H3,(H,15,17). The van der Waals surface area contributed by atoms with Gasteiger partial charge in [-0.2, -0.15) is 0 Å². The number of amides is 1. The molecule has 0 aliphatic rings. The van der Waals surface area contributed by atoms with Crippen LogP contribution in [0.5, 0.6) is 0 Å². The predicted octanol–water partition coefficient (Wildman–Crippen LogP) is 2.89. The van der Waals surface area contributed by atoms with Crippen molar-refractivity contribution in [2.24, 2.45) is 0 Å². The SMILES string of the molecule is CC(CN(C)C)NC(=O)c1cc(Br)cc(Br)c1. The molecule has 1 atom stereocenters. The highest BCUT2D eigenvalue weighted by Gasteiger charge is 2.11. The Hall–Kier alpha value is -0.390. The molecule has 0 aliphatic carbocycles. The topological polar surface area (TPSA) is 32.3 Å². The minimum atomic E-state index is -0.0543. The fourth-order valence-electron chi connectivity index (χ4n) is 1.59. The van der Waals surface area contributed by atoms with Gasteiger partial charge < -0.3 is 10.2 Å². The van der Waals surface area contributed by atoms with E-state index in [2.05, 4.69) is 37.2 Å². The van der Waals surface area contributed by atoms with Gasteiger partial charge in [0.15, 0.2) is 0 Å². The predicted molar refractivity (Wildman–Crippen MR) is 77.3 cm³/mol. The fourth-order valence-corrected chi connectivity index (χ4v) is 2.88. The van der Waals surface area contributed by atoms with E-state index in [-0.39, 0.29) is 11.9 Å². The molecule has 0 aromatic heterocycles. The highest BCUT2D eigenvalue weighted by molar-refractivity contribution is 9.11. The van der Waals surface area contributed by atoms with Crippen LogP contribution in [0.4, 0.5) is 0 Å². The largest absolute Gasteiger partial charge is 0.348 e. The number of likely N-dealkylation sites (N-methyl/N-ethyl adjacent to an activating group) is 1. The van der Waals surface area contributed by atoms with Crippen molar-refractivity contribution in [1.29, 1.82) is 0 Å². The molecule has 1 aromatic rings. The number of halogens is 2. The van der Waals surface area contributed by atoms with Crippen molar-refractivity contribution in [3.05, 3.63) is 32.7 Å². The molecule has 1 amide bonds. The molecule has 0 aliphatic heterocycles. The highest BCUT2D eigenvalue weighted by Crippen LogP contribution is 2.20. The Kier molecular flexibility index (Phi) is 5.62. The van der Waals surface area contributed by atoms with E-state index in [1.165, 1.54) is 0 Å². The summed E-state index contributed by atoms with van der Waals surface area (Å²) in [7, 11) is 3.97. The van der Waals surface area contributed by atoms with Crippen molar-refractivity contribution in [2.75, 3.05) is 20.6 Å². The van der Waals surface area contributed by atoms with Crippen LogP contribution in [0.1, 0.15) is 17.3 Å². The third kappa shape index (κ3) is 5.19. The molecule has 1 aromatic carbocycles. The van der Waals surface area contributed by atoms with Crippen LogP contribution in [0, 0.1) is 0 Å². The Labute approximate surface area is 119 Å². The molecule has 0 bridgehead atoms. The van der Waals surface area contributed by atoms with E-state index in [0.717, 1.165) is 15.5 Å². The number of nitrogens with one attached hydrogen (secondary N) is 1. The smallest absolute Gasteiger partial charge is 0.251 e. The van der Waals surface area contributed by atoms with E-state index in [9.17, 15) is 4.79 Å². The number of carbonyl (C=O) groups is 1. The van der Waals surface area contributed by atoms with Gasteiger partial charge in [0.2, 0.25) is 0 Å². The fraction of sp³-hybridized carbons (Fsp3) is 0.417. The van der Waals surface area contributed by atoms with Gasteiger partial charge >= 0.3 is 0 Å². The molecule has 17 heavy (non-hydrogen) atoms. The van der Waals surface area contributed by atoms with Gasteiger partial charge in [0, 0.05) is 27.1 Å². The third-order valence-electron chi connectivity index (χ3n) is 2.14. The molecule has 3 nitrogen and oxygen atoms in total. The minimum Gasteiger partial charge on any atom is -0.348 e. The van der Waals surface area contributed by atoms with Gasteiger partial charge in [0.25, 0.3) is 5.91 Å². The normalized spacial score (nSPS) is 12.6. The van der Waals surface area contributed by atoms with Crippen LogP contribution in [0.15, 0.2) is 27.1 Å². The maximum absolute atomic E-state index is 12.0. The lowest BCUT2D eigenvalue weighted by Crippen LogP contribution is -2.39. The van der Waals surface area contributed by atoms with Gasteiger partial charge in [-0.1, -0.05) is 31.9 Å². The van der Waals surface area contributed by atoms with E-state index in [1.807, 2.05) is 44.1 Å². The molecule has 0 spiro atoms. The van der Waals surface area contributed by atoms with Crippen LogP contribution in [0.2, 0.25) is 0 Å². The maximum atomic E-state index is 12.0. The van der Waals surface area contributed by atoms with E-state index in [1.54, 1.807) is 0 Å². The Bertz CT molecular complexity index is 387. The van der Waals surface area contributed by atoms with Crippen LogP contribution in [0.25, 0.3) is 0 Å². The average molecular weight is 364 g/mol. The van der Waals surface area contributed by atoms with Crippen LogP contribution < -0.4 is 5.32 Å². The lowest BCUT2D eigenvalue weighted by molar-refractivity contribution is 0.0934. The molecular formula is C12H16Br2N2O.